The summed E-state index contributed by atoms with van der Waals surface area (Å²) in [6.07, 6.45) is 4.86. The average Bonchev–Trinajstić information content (AvgIpc) is 3.15. The van der Waals surface area contributed by atoms with Crippen molar-refractivity contribution < 1.29 is 4.79 Å². The largest absolute Gasteiger partial charge is 0.326 e. The molecule has 0 atom stereocenters. The third-order valence-corrected chi connectivity index (χ3v) is 4.42. The molecule has 0 aliphatic rings. The molecule has 0 fully saturated rings. The lowest BCUT2D eigenvalue weighted by molar-refractivity contribution is -0.116. The Morgan fingerprint density at radius 1 is 1.04 bits per heavy atom. The molecule has 0 aliphatic heterocycles. The molecule has 3 aromatic rings. The van der Waals surface area contributed by atoms with Gasteiger partial charge in [0.15, 0.2) is 5.82 Å². The van der Waals surface area contributed by atoms with Crippen LogP contribution in [0.3, 0.4) is 0 Å². The van der Waals surface area contributed by atoms with Crippen LogP contribution in [0.1, 0.15) is 24.8 Å². The van der Waals surface area contributed by atoms with Gasteiger partial charge in [0, 0.05) is 22.1 Å². The Morgan fingerprint density at radius 2 is 1.80 bits per heavy atom. The number of benzene rings is 2. The molecule has 0 aliphatic carbocycles. The zero-order chi connectivity index (χ0) is 17.5. The second kappa shape index (κ2) is 8.58. The van der Waals surface area contributed by atoms with Crippen molar-refractivity contribution in [3.05, 3.63) is 64.9 Å². The summed E-state index contributed by atoms with van der Waals surface area (Å²) < 4.78 is 1.09. The number of amides is 1. The smallest absolute Gasteiger partial charge is 0.224 e. The molecule has 0 bridgehead atoms. The van der Waals surface area contributed by atoms with Gasteiger partial charge in [-0.25, -0.2) is 4.98 Å². The van der Waals surface area contributed by atoms with Crippen LogP contribution in [-0.4, -0.2) is 21.1 Å². The van der Waals surface area contributed by atoms with Gasteiger partial charge in [0.25, 0.3) is 0 Å². The fourth-order valence-corrected chi connectivity index (χ4v) is 2.81. The third kappa shape index (κ3) is 5.26. The number of hydrogen-bond acceptors (Lipinski definition) is 3. The van der Waals surface area contributed by atoms with E-state index >= 15 is 0 Å². The Morgan fingerprint density at radius 3 is 2.48 bits per heavy atom. The van der Waals surface area contributed by atoms with Gasteiger partial charge in [-0.05, 0) is 61.2 Å². The highest BCUT2D eigenvalue weighted by molar-refractivity contribution is 9.10. The van der Waals surface area contributed by atoms with Gasteiger partial charge in [-0.3, -0.25) is 9.89 Å². The van der Waals surface area contributed by atoms with E-state index < -0.39 is 0 Å². The molecule has 0 saturated heterocycles. The number of aryl methyl sites for hydroxylation is 1. The van der Waals surface area contributed by atoms with E-state index in [0.29, 0.717) is 12.2 Å². The number of aromatic nitrogens is 3. The van der Waals surface area contributed by atoms with Gasteiger partial charge in [-0.1, -0.05) is 28.1 Å². The Labute approximate surface area is 155 Å². The number of anilines is 1. The zero-order valence-corrected chi connectivity index (χ0v) is 15.3. The molecule has 2 aromatic carbocycles. The van der Waals surface area contributed by atoms with Crippen molar-refractivity contribution in [1.29, 1.82) is 0 Å². The molecule has 5 nitrogen and oxygen atoms in total. The van der Waals surface area contributed by atoms with Crippen molar-refractivity contribution in [2.45, 2.75) is 25.7 Å². The quantitative estimate of drug-likeness (QED) is 0.571. The lowest BCUT2D eigenvalue weighted by atomic mass is 10.1. The third-order valence-electron chi connectivity index (χ3n) is 3.89. The number of unbranched alkanes of at least 4 members (excludes halogenated alkanes) is 1. The Bertz CT molecular complexity index is 798. The first-order chi connectivity index (χ1) is 12.2. The maximum Gasteiger partial charge on any atom is 0.224 e. The molecule has 1 aromatic heterocycles. The van der Waals surface area contributed by atoms with E-state index in [1.807, 2.05) is 36.4 Å². The summed E-state index contributed by atoms with van der Waals surface area (Å²) in [6.45, 7) is 0. The summed E-state index contributed by atoms with van der Waals surface area (Å²) in [4.78, 5) is 16.1. The molecule has 6 heteroatoms. The molecule has 1 amide bonds. The maximum atomic E-state index is 12.0. The van der Waals surface area contributed by atoms with Crippen molar-refractivity contribution in [2.75, 3.05) is 5.32 Å². The summed E-state index contributed by atoms with van der Waals surface area (Å²) in [6, 6.07) is 15.9. The number of hydrogen-bond donors (Lipinski definition) is 2. The second-order valence-corrected chi connectivity index (χ2v) is 6.71. The predicted molar refractivity (Wildman–Crippen MR) is 102 cm³/mol. The minimum Gasteiger partial charge on any atom is -0.326 e. The summed E-state index contributed by atoms with van der Waals surface area (Å²) in [5, 5.41) is 9.57. The molecule has 1 heterocycles. The molecule has 2 N–H and O–H groups in total. The van der Waals surface area contributed by atoms with Crippen molar-refractivity contribution in [3.8, 4) is 11.4 Å². The number of rotatable bonds is 7. The van der Waals surface area contributed by atoms with Crippen LogP contribution >= 0.6 is 15.9 Å². The fraction of sp³-hybridized carbons (Fsp3) is 0.211. The van der Waals surface area contributed by atoms with Gasteiger partial charge in [-0.2, -0.15) is 5.10 Å². The van der Waals surface area contributed by atoms with Crippen LogP contribution in [0.2, 0.25) is 0 Å². The summed E-state index contributed by atoms with van der Waals surface area (Å²) >= 11 is 3.43. The van der Waals surface area contributed by atoms with Crippen molar-refractivity contribution in [1.82, 2.24) is 15.2 Å². The molecular weight excluding hydrogens is 380 g/mol. The van der Waals surface area contributed by atoms with Crippen molar-refractivity contribution >= 4 is 27.5 Å². The lowest BCUT2D eigenvalue weighted by Gasteiger charge is -2.06. The number of H-pyrrole nitrogens is 1. The first-order valence-corrected chi connectivity index (χ1v) is 9.00. The summed E-state index contributed by atoms with van der Waals surface area (Å²) in [5.74, 6) is 0.758. The van der Waals surface area contributed by atoms with Crippen LogP contribution in [0.4, 0.5) is 5.69 Å². The molecule has 0 spiro atoms. The number of nitrogens with zero attached hydrogens (tertiary/aromatic N) is 2. The average molecular weight is 399 g/mol. The molecule has 0 unspecified atom stereocenters. The SMILES string of the molecule is O=C(CCCCc1ccc(Br)cc1)Nc1ccc(-c2ncn[nH]2)cc1. The monoisotopic (exact) mass is 398 g/mol. The van der Waals surface area contributed by atoms with Crippen molar-refractivity contribution in [3.63, 3.8) is 0 Å². The molecule has 25 heavy (non-hydrogen) atoms. The van der Waals surface area contributed by atoms with E-state index in [-0.39, 0.29) is 5.91 Å². The van der Waals surface area contributed by atoms with Crippen LogP contribution in [0.5, 0.6) is 0 Å². The summed E-state index contributed by atoms with van der Waals surface area (Å²) in [7, 11) is 0. The minimum atomic E-state index is 0.0446. The Hall–Kier alpha value is -2.47. The van der Waals surface area contributed by atoms with E-state index in [1.54, 1.807) is 0 Å². The normalized spacial score (nSPS) is 10.6. The summed E-state index contributed by atoms with van der Waals surface area (Å²) in [5.41, 5.74) is 3.03. The number of nitrogens with one attached hydrogen (secondary N) is 2. The molecule has 0 saturated carbocycles. The fourth-order valence-electron chi connectivity index (χ4n) is 2.55. The van der Waals surface area contributed by atoms with Gasteiger partial charge >= 0.3 is 0 Å². The lowest BCUT2D eigenvalue weighted by Crippen LogP contribution is -2.11. The van der Waals surface area contributed by atoms with E-state index in [4.69, 9.17) is 0 Å². The van der Waals surface area contributed by atoms with Crippen LogP contribution in [0, 0.1) is 0 Å². The Kier molecular flexibility index (Phi) is 5.95. The molecule has 128 valence electrons. The van der Waals surface area contributed by atoms with Crippen LogP contribution in [-0.2, 0) is 11.2 Å². The van der Waals surface area contributed by atoms with E-state index in [0.717, 1.165) is 35.0 Å². The first kappa shape index (κ1) is 17.4. The van der Waals surface area contributed by atoms with Crippen LogP contribution in [0.15, 0.2) is 59.3 Å². The van der Waals surface area contributed by atoms with Crippen LogP contribution in [0.25, 0.3) is 11.4 Å². The maximum absolute atomic E-state index is 12.0. The van der Waals surface area contributed by atoms with E-state index in [9.17, 15) is 4.79 Å². The first-order valence-electron chi connectivity index (χ1n) is 8.21. The molecule has 0 radical (unpaired) electrons. The molecule has 3 rings (SSSR count). The number of carbonyl (C=O) groups is 1. The Balaban J connectivity index is 1.41. The number of carbonyl (C=O) groups excluding carboxylic acids is 1. The van der Waals surface area contributed by atoms with Gasteiger partial charge < -0.3 is 5.32 Å². The second-order valence-electron chi connectivity index (χ2n) is 5.79. The zero-order valence-electron chi connectivity index (χ0n) is 13.7. The van der Waals surface area contributed by atoms with E-state index in [1.165, 1.54) is 11.9 Å². The predicted octanol–water partition coefficient (Wildman–Crippen LogP) is 4.59. The number of halogens is 1. The van der Waals surface area contributed by atoms with Crippen LogP contribution < -0.4 is 5.32 Å². The highest BCUT2D eigenvalue weighted by atomic mass is 79.9. The van der Waals surface area contributed by atoms with Gasteiger partial charge in [-0.15, -0.1) is 0 Å². The van der Waals surface area contributed by atoms with E-state index in [2.05, 4.69) is 48.6 Å². The standard InChI is InChI=1S/C19H19BrN4O/c20-16-9-5-14(6-10-16)3-1-2-4-18(25)23-17-11-7-15(8-12-17)19-21-13-22-24-19/h5-13H,1-4H2,(H,23,25)(H,21,22,24). The van der Waals surface area contributed by atoms with Gasteiger partial charge in [0.05, 0.1) is 0 Å². The highest BCUT2D eigenvalue weighted by Crippen LogP contribution is 2.18. The highest BCUT2D eigenvalue weighted by Gasteiger charge is 2.04. The number of aromatic amines is 1. The topological polar surface area (TPSA) is 70.7 Å². The van der Waals surface area contributed by atoms with Gasteiger partial charge in [0.1, 0.15) is 6.33 Å². The minimum absolute atomic E-state index is 0.0446. The van der Waals surface area contributed by atoms with Gasteiger partial charge in [0.2, 0.25) is 5.91 Å². The van der Waals surface area contributed by atoms with Crippen molar-refractivity contribution in [2.24, 2.45) is 0 Å². The molecular formula is C19H19BrN4O.